The Morgan fingerprint density at radius 3 is 2.40 bits per heavy atom. The highest BCUT2D eigenvalue weighted by Gasteiger charge is 2.14. The van der Waals surface area contributed by atoms with Crippen LogP contribution >= 0.6 is 23.0 Å². The second-order valence-electron chi connectivity index (χ2n) is 4.16. The average molecular weight is 388 g/mol. The maximum atomic E-state index is 9.98. The minimum atomic E-state index is -0.0792. The van der Waals surface area contributed by atoms with Gasteiger partial charge in [-0.3, -0.25) is 0 Å². The van der Waals surface area contributed by atoms with Crippen molar-refractivity contribution < 1.29 is 23.1 Å². The number of hydrogen-bond acceptors (Lipinski definition) is 5. The van der Waals surface area contributed by atoms with Crippen molar-refractivity contribution in [2.75, 3.05) is 7.11 Å². The van der Waals surface area contributed by atoms with Crippen LogP contribution in [0.15, 0.2) is 30.3 Å². The molecule has 0 aliphatic rings. The second kappa shape index (κ2) is 6.19. The Bertz CT molecular complexity index is 627. The molecular formula is C14H13IO5. The molecule has 0 atom stereocenters. The van der Waals surface area contributed by atoms with E-state index < -0.39 is 0 Å². The van der Waals surface area contributed by atoms with Crippen molar-refractivity contribution in [1.82, 2.24) is 0 Å². The molecule has 6 heteroatoms. The van der Waals surface area contributed by atoms with Crippen LogP contribution in [0.2, 0.25) is 0 Å². The van der Waals surface area contributed by atoms with E-state index in [1.165, 1.54) is 6.07 Å². The van der Waals surface area contributed by atoms with Gasteiger partial charge in [-0.05, 0) is 48.4 Å². The summed E-state index contributed by atoms with van der Waals surface area (Å²) in [4.78, 5) is 4.83. The van der Waals surface area contributed by atoms with E-state index in [0.717, 1.165) is 5.56 Å². The minimum Gasteiger partial charge on any atom is -0.507 e. The number of halogens is 1. The number of aryl methyl sites for hydroxylation is 1. The summed E-state index contributed by atoms with van der Waals surface area (Å²) in [6, 6.07) is 8.04. The zero-order valence-corrected chi connectivity index (χ0v) is 13.0. The molecule has 0 aromatic heterocycles. The summed E-state index contributed by atoms with van der Waals surface area (Å²) >= 11 is 1.56. The molecule has 0 saturated heterocycles. The number of hydrogen-bond donors (Lipinski definition) is 2. The van der Waals surface area contributed by atoms with Gasteiger partial charge in [-0.15, -0.1) is 3.22 Å². The summed E-state index contributed by atoms with van der Waals surface area (Å²) in [5.41, 5.74) is 2.06. The van der Waals surface area contributed by atoms with E-state index in [9.17, 15) is 10.2 Å². The maximum absolute atomic E-state index is 9.98. The molecule has 2 N–H and O–H groups in total. The third-order valence-corrected chi connectivity index (χ3v) is 3.10. The van der Waals surface area contributed by atoms with Gasteiger partial charge in [0.25, 0.3) is 0 Å². The van der Waals surface area contributed by atoms with Crippen LogP contribution in [0, 0.1) is 6.92 Å². The van der Waals surface area contributed by atoms with Crippen LogP contribution in [0.4, 0.5) is 0 Å². The third kappa shape index (κ3) is 2.91. The van der Waals surface area contributed by atoms with Gasteiger partial charge in [0, 0.05) is 5.56 Å². The van der Waals surface area contributed by atoms with E-state index >= 15 is 0 Å². The molecule has 0 aliphatic carbocycles. The monoisotopic (exact) mass is 388 g/mol. The molecule has 0 bridgehead atoms. The van der Waals surface area contributed by atoms with Gasteiger partial charge in [-0.1, -0.05) is 0 Å². The highest BCUT2D eigenvalue weighted by molar-refractivity contribution is 14.1. The van der Waals surface area contributed by atoms with Crippen molar-refractivity contribution in [2.45, 2.75) is 6.92 Å². The van der Waals surface area contributed by atoms with Crippen LogP contribution in [0.5, 0.6) is 23.0 Å². The van der Waals surface area contributed by atoms with Crippen LogP contribution in [0.1, 0.15) is 5.56 Å². The highest BCUT2D eigenvalue weighted by atomic mass is 127. The zero-order valence-electron chi connectivity index (χ0n) is 10.9. The summed E-state index contributed by atoms with van der Waals surface area (Å²) in [6.07, 6.45) is 0. The van der Waals surface area contributed by atoms with Crippen LogP contribution in [0.25, 0.3) is 11.1 Å². The minimum absolute atomic E-state index is 0.0792. The summed E-state index contributed by atoms with van der Waals surface area (Å²) in [7, 11) is 1.55. The van der Waals surface area contributed by atoms with E-state index in [0.29, 0.717) is 16.9 Å². The summed E-state index contributed by atoms with van der Waals surface area (Å²) in [5.74, 6) is 0.854. The average Bonchev–Trinajstić information content (AvgIpc) is 2.43. The molecule has 0 radical (unpaired) electrons. The van der Waals surface area contributed by atoms with Gasteiger partial charge in [-0.2, -0.15) is 0 Å². The first-order valence-electron chi connectivity index (χ1n) is 5.73. The fraction of sp³-hybridized carbons (Fsp3) is 0.143. The fourth-order valence-corrected chi connectivity index (χ4v) is 2.11. The number of ether oxygens (including phenoxy) is 1. The van der Waals surface area contributed by atoms with E-state index in [4.69, 9.17) is 9.62 Å². The molecule has 2 rings (SSSR count). The fourth-order valence-electron chi connectivity index (χ4n) is 1.92. The van der Waals surface area contributed by atoms with E-state index in [2.05, 4.69) is 3.22 Å². The summed E-state index contributed by atoms with van der Waals surface area (Å²) < 4.78 is 9.65. The van der Waals surface area contributed by atoms with Gasteiger partial charge in [0.2, 0.25) is 5.75 Å². The van der Waals surface area contributed by atoms with Gasteiger partial charge in [-0.25, -0.2) is 0 Å². The van der Waals surface area contributed by atoms with Gasteiger partial charge >= 0.3 is 0 Å². The maximum Gasteiger partial charge on any atom is 0.208 e. The largest absolute Gasteiger partial charge is 0.507 e. The number of methoxy groups -OCH3 is 1. The lowest BCUT2D eigenvalue weighted by molar-refractivity contribution is -0.0494. The predicted octanol–water partition coefficient (Wildman–Crippen LogP) is 3.74. The molecule has 20 heavy (non-hydrogen) atoms. The quantitative estimate of drug-likeness (QED) is 0.475. The van der Waals surface area contributed by atoms with Crippen molar-refractivity contribution in [3.8, 4) is 34.1 Å². The van der Waals surface area contributed by atoms with E-state index in [1.807, 2.05) is 6.92 Å². The number of rotatable bonds is 4. The number of phenols is 2. The van der Waals surface area contributed by atoms with Crippen molar-refractivity contribution in [3.05, 3.63) is 35.9 Å². The van der Waals surface area contributed by atoms with Crippen LogP contribution in [-0.2, 0) is 3.22 Å². The van der Waals surface area contributed by atoms with Gasteiger partial charge < -0.3 is 19.8 Å². The third-order valence-electron chi connectivity index (χ3n) is 2.92. The Morgan fingerprint density at radius 2 is 1.75 bits per heavy atom. The second-order valence-corrected chi connectivity index (χ2v) is 4.52. The van der Waals surface area contributed by atoms with Crippen LogP contribution < -0.4 is 9.62 Å². The first-order chi connectivity index (χ1) is 9.56. The molecule has 0 unspecified atom stereocenters. The van der Waals surface area contributed by atoms with Crippen molar-refractivity contribution in [1.29, 1.82) is 0 Å². The SMILES string of the molecule is COc1ccc(O)c(-c2cc(O)c(OOI)cc2C)c1. The molecule has 2 aromatic rings. The van der Waals surface area contributed by atoms with E-state index in [-0.39, 0.29) is 17.2 Å². The number of aromatic hydroxyl groups is 2. The molecule has 0 fully saturated rings. The van der Waals surface area contributed by atoms with E-state index in [1.54, 1.807) is 54.4 Å². The molecule has 0 saturated carbocycles. The zero-order chi connectivity index (χ0) is 14.7. The number of phenolic OH excluding ortho intramolecular Hbond substituents is 2. The van der Waals surface area contributed by atoms with Crippen LogP contribution in [0.3, 0.4) is 0 Å². The number of benzene rings is 2. The Morgan fingerprint density at radius 1 is 1.00 bits per heavy atom. The lowest BCUT2D eigenvalue weighted by Crippen LogP contribution is -1.91. The summed E-state index contributed by atoms with van der Waals surface area (Å²) in [6.45, 7) is 1.84. The van der Waals surface area contributed by atoms with Gasteiger partial charge in [0.15, 0.2) is 28.8 Å². The van der Waals surface area contributed by atoms with Crippen molar-refractivity contribution in [3.63, 3.8) is 0 Å². The molecule has 5 nitrogen and oxygen atoms in total. The van der Waals surface area contributed by atoms with Crippen LogP contribution in [-0.4, -0.2) is 17.3 Å². The lowest BCUT2D eigenvalue weighted by atomic mass is 9.98. The Labute approximate surface area is 130 Å². The normalized spacial score (nSPS) is 10.3. The highest BCUT2D eigenvalue weighted by Crippen LogP contribution is 2.39. The predicted molar refractivity (Wildman–Crippen MR) is 82.2 cm³/mol. The lowest BCUT2D eigenvalue weighted by Gasteiger charge is -2.12. The smallest absolute Gasteiger partial charge is 0.208 e. The molecule has 2 aromatic carbocycles. The van der Waals surface area contributed by atoms with Gasteiger partial charge in [0.1, 0.15) is 11.5 Å². The van der Waals surface area contributed by atoms with Gasteiger partial charge in [0.05, 0.1) is 7.11 Å². The first-order valence-corrected chi connectivity index (χ1v) is 6.61. The van der Waals surface area contributed by atoms with Crippen molar-refractivity contribution >= 4 is 23.0 Å². The molecular weight excluding hydrogens is 375 g/mol. The molecule has 0 aliphatic heterocycles. The Hall–Kier alpha value is -1.67. The molecule has 106 valence electrons. The molecule has 0 amide bonds. The Balaban J connectivity index is 2.55. The Kier molecular flexibility index (Phi) is 4.56. The first kappa shape index (κ1) is 14.7. The van der Waals surface area contributed by atoms with Crippen molar-refractivity contribution in [2.24, 2.45) is 0 Å². The molecule has 0 spiro atoms. The topological polar surface area (TPSA) is 68.2 Å². The summed E-state index contributed by atoms with van der Waals surface area (Å²) in [5, 5.41) is 19.9. The standard InChI is InChI=1S/C14H13IO5/c1-8-5-14(19-20-15)13(17)7-10(8)11-6-9(18-2)3-4-12(11)16/h3-7,16-17H,1-2H3. The molecule has 0 heterocycles.